The Morgan fingerprint density at radius 2 is 1.96 bits per heavy atom. The van der Waals surface area contributed by atoms with Gasteiger partial charge in [0.25, 0.3) is 0 Å². The first-order valence-electron chi connectivity index (χ1n) is 9.10. The number of nitrogens with one attached hydrogen (secondary N) is 2. The Hall–Kier alpha value is -1.17. The van der Waals surface area contributed by atoms with Gasteiger partial charge in [0.05, 0.1) is 12.6 Å². The molecule has 2 fully saturated rings. The molecule has 0 bridgehead atoms. The summed E-state index contributed by atoms with van der Waals surface area (Å²) >= 11 is 0. The molecule has 4 nitrogen and oxygen atoms in total. The predicted octanol–water partition coefficient (Wildman–Crippen LogP) is 3.03. The van der Waals surface area contributed by atoms with Gasteiger partial charge in [-0.1, -0.05) is 31.4 Å². The summed E-state index contributed by atoms with van der Waals surface area (Å²) in [6, 6.07) is 6.22. The highest BCUT2D eigenvalue weighted by molar-refractivity contribution is 5.85. The van der Waals surface area contributed by atoms with E-state index in [1.165, 1.54) is 44.2 Å². The first-order valence-corrected chi connectivity index (χ1v) is 9.10. The van der Waals surface area contributed by atoms with Crippen LogP contribution in [0.2, 0.25) is 0 Å². The summed E-state index contributed by atoms with van der Waals surface area (Å²) in [7, 11) is 0. The topological polar surface area (TPSA) is 44.4 Å². The number of rotatable bonds is 4. The van der Waals surface area contributed by atoms with Gasteiger partial charge in [-0.2, -0.15) is 0 Å². The van der Waals surface area contributed by atoms with Gasteiger partial charge in [-0.25, -0.2) is 4.39 Å². The van der Waals surface area contributed by atoms with E-state index in [0.717, 1.165) is 25.2 Å². The molecule has 1 saturated carbocycles. The van der Waals surface area contributed by atoms with Crippen LogP contribution in [0, 0.1) is 5.82 Å². The highest BCUT2D eigenvalue weighted by atomic mass is 35.5. The molecule has 0 aromatic heterocycles. The molecular weight excluding hydrogens is 341 g/mol. The van der Waals surface area contributed by atoms with E-state index in [1.54, 1.807) is 12.1 Å². The average molecular weight is 370 g/mol. The highest BCUT2D eigenvalue weighted by Gasteiger charge is 2.40. The lowest BCUT2D eigenvalue weighted by molar-refractivity contribution is -0.125. The highest BCUT2D eigenvalue weighted by Crippen LogP contribution is 2.34. The fourth-order valence-corrected chi connectivity index (χ4v) is 4.13. The summed E-state index contributed by atoms with van der Waals surface area (Å²) in [5, 5.41) is 6.57. The number of nitrogens with zero attached hydrogens (tertiary/aromatic N) is 1. The molecule has 2 aliphatic rings. The second-order valence-corrected chi connectivity index (χ2v) is 7.22. The Kier molecular flexibility index (Phi) is 7.23. The van der Waals surface area contributed by atoms with Crippen molar-refractivity contribution in [3.63, 3.8) is 0 Å². The van der Waals surface area contributed by atoms with E-state index >= 15 is 0 Å². The third kappa shape index (κ3) is 4.93. The minimum atomic E-state index is -0.252. The van der Waals surface area contributed by atoms with Crippen LogP contribution >= 0.6 is 12.4 Å². The molecule has 140 valence electrons. The van der Waals surface area contributed by atoms with Crippen LogP contribution in [-0.2, 0) is 4.79 Å². The maximum Gasteiger partial charge on any atom is 0.234 e. The molecule has 3 rings (SSSR count). The van der Waals surface area contributed by atoms with Gasteiger partial charge >= 0.3 is 0 Å². The Balaban J connectivity index is 0.00000225. The minimum absolute atomic E-state index is 0. The number of hydrogen-bond acceptors (Lipinski definition) is 3. The van der Waals surface area contributed by atoms with Gasteiger partial charge in [0, 0.05) is 25.2 Å². The van der Waals surface area contributed by atoms with E-state index in [4.69, 9.17) is 0 Å². The van der Waals surface area contributed by atoms with E-state index in [-0.39, 0.29) is 35.7 Å². The van der Waals surface area contributed by atoms with Gasteiger partial charge in [0.1, 0.15) is 5.82 Å². The third-order valence-electron chi connectivity index (χ3n) is 5.55. The van der Waals surface area contributed by atoms with E-state index in [1.807, 2.05) is 6.92 Å². The number of carbonyl (C=O) groups is 1. The molecule has 1 heterocycles. The molecule has 1 amide bonds. The predicted molar refractivity (Wildman–Crippen MR) is 100 cm³/mol. The number of benzene rings is 1. The maximum atomic E-state index is 13.0. The quantitative estimate of drug-likeness (QED) is 0.857. The van der Waals surface area contributed by atoms with Crippen molar-refractivity contribution in [1.82, 2.24) is 15.5 Å². The van der Waals surface area contributed by atoms with Crippen LogP contribution in [0.5, 0.6) is 0 Å². The number of halogens is 2. The Bertz CT molecular complexity index is 552. The van der Waals surface area contributed by atoms with Gasteiger partial charge in [-0.05, 0) is 37.5 Å². The van der Waals surface area contributed by atoms with Gasteiger partial charge in [-0.3, -0.25) is 9.69 Å². The Morgan fingerprint density at radius 1 is 1.28 bits per heavy atom. The summed E-state index contributed by atoms with van der Waals surface area (Å²) in [6.07, 6.45) is 6.18. The fourth-order valence-electron chi connectivity index (χ4n) is 4.13. The lowest BCUT2D eigenvalue weighted by atomic mass is 9.79. The molecule has 2 N–H and O–H groups in total. The van der Waals surface area contributed by atoms with Crippen LogP contribution in [0.25, 0.3) is 0 Å². The van der Waals surface area contributed by atoms with E-state index in [2.05, 4.69) is 15.5 Å². The molecule has 1 spiro atoms. The first kappa shape index (κ1) is 20.1. The summed E-state index contributed by atoms with van der Waals surface area (Å²) < 4.78 is 13.0. The van der Waals surface area contributed by atoms with Gasteiger partial charge in [0.2, 0.25) is 5.91 Å². The lowest BCUT2D eigenvalue weighted by Gasteiger charge is -2.49. The summed E-state index contributed by atoms with van der Waals surface area (Å²) in [6.45, 7) is 5.27. The summed E-state index contributed by atoms with van der Waals surface area (Å²) in [4.78, 5) is 14.9. The Morgan fingerprint density at radius 3 is 2.64 bits per heavy atom. The molecule has 1 atom stereocenters. The zero-order chi connectivity index (χ0) is 17.0. The number of amides is 1. The fraction of sp³-hybridized carbons (Fsp3) is 0.632. The maximum absolute atomic E-state index is 13.0. The number of piperazine rings is 1. The van der Waals surface area contributed by atoms with Crippen molar-refractivity contribution < 1.29 is 9.18 Å². The Labute approximate surface area is 156 Å². The molecule has 0 radical (unpaired) electrons. The first-order chi connectivity index (χ1) is 11.6. The minimum Gasteiger partial charge on any atom is -0.348 e. The molecule has 1 unspecified atom stereocenters. The van der Waals surface area contributed by atoms with Crippen LogP contribution < -0.4 is 10.6 Å². The SMILES string of the molecule is CC(NC(=O)CN1CCNCC12CCCCC2)c1ccc(F)cc1.Cl. The van der Waals surface area contributed by atoms with Crippen molar-refractivity contribution >= 4 is 18.3 Å². The molecular formula is C19H29ClFN3O. The van der Waals surface area contributed by atoms with Crippen LogP contribution in [0.1, 0.15) is 50.6 Å². The standard InChI is InChI=1S/C19H28FN3O.ClH/c1-15(16-5-7-17(20)8-6-16)22-18(24)13-23-12-11-21-14-19(23)9-3-2-4-10-19;/h5-8,15,21H,2-4,9-14H2,1H3,(H,22,24);1H. The number of carbonyl (C=O) groups excluding carboxylic acids is 1. The number of hydrogen-bond donors (Lipinski definition) is 2. The third-order valence-corrected chi connectivity index (χ3v) is 5.55. The average Bonchev–Trinajstić information content (AvgIpc) is 2.58. The normalized spacial score (nSPS) is 21.4. The van der Waals surface area contributed by atoms with Crippen LogP contribution in [0.3, 0.4) is 0 Å². The van der Waals surface area contributed by atoms with Crippen molar-refractivity contribution in [2.24, 2.45) is 0 Å². The van der Waals surface area contributed by atoms with Crippen molar-refractivity contribution in [1.29, 1.82) is 0 Å². The van der Waals surface area contributed by atoms with Crippen LogP contribution in [0.15, 0.2) is 24.3 Å². The summed E-state index contributed by atoms with van der Waals surface area (Å²) in [5.41, 5.74) is 1.09. The van der Waals surface area contributed by atoms with E-state index < -0.39 is 0 Å². The largest absolute Gasteiger partial charge is 0.348 e. The van der Waals surface area contributed by atoms with Gasteiger partial charge < -0.3 is 10.6 Å². The molecule has 1 aliphatic carbocycles. The van der Waals surface area contributed by atoms with Crippen molar-refractivity contribution in [3.05, 3.63) is 35.6 Å². The van der Waals surface area contributed by atoms with Crippen LogP contribution in [0.4, 0.5) is 4.39 Å². The monoisotopic (exact) mass is 369 g/mol. The van der Waals surface area contributed by atoms with Gasteiger partial charge in [0.15, 0.2) is 0 Å². The van der Waals surface area contributed by atoms with Crippen molar-refractivity contribution in [3.8, 4) is 0 Å². The van der Waals surface area contributed by atoms with Crippen molar-refractivity contribution in [2.45, 2.75) is 50.6 Å². The second kappa shape index (κ2) is 8.97. The van der Waals surface area contributed by atoms with Gasteiger partial charge in [-0.15, -0.1) is 12.4 Å². The summed E-state index contributed by atoms with van der Waals surface area (Å²) in [5.74, 6) is -0.198. The van der Waals surface area contributed by atoms with Crippen LogP contribution in [-0.4, -0.2) is 42.5 Å². The van der Waals surface area contributed by atoms with E-state index in [9.17, 15) is 9.18 Å². The lowest BCUT2D eigenvalue weighted by Crippen LogP contribution is -2.63. The molecule has 6 heteroatoms. The van der Waals surface area contributed by atoms with Crippen molar-refractivity contribution in [2.75, 3.05) is 26.2 Å². The smallest absolute Gasteiger partial charge is 0.234 e. The second-order valence-electron chi connectivity index (χ2n) is 7.22. The zero-order valence-electron chi connectivity index (χ0n) is 14.9. The molecule has 1 aromatic rings. The van der Waals surface area contributed by atoms with E-state index in [0.29, 0.717) is 6.54 Å². The molecule has 1 aliphatic heterocycles. The zero-order valence-corrected chi connectivity index (χ0v) is 15.7. The molecule has 1 aromatic carbocycles. The molecule has 25 heavy (non-hydrogen) atoms. The molecule has 1 saturated heterocycles.